The van der Waals surface area contributed by atoms with Crippen LogP contribution in [0, 0.1) is 20.7 Å². The maximum atomic E-state index is 13.8. The van der Waals surface area contributed by atoms with E-state index < -0.39 is 6.29 Å². The summed E-state index contributed by atoms with van der Waals surface area (Å²) in [5, 5.41) is 16.3. The minimum Gasteiger partial charge on any atom is -0.347 e. The summed E-state index contributed by atoms with van der Waals surface area (Å²) in [4.78, 5) is 16.9. The second-order valence-corrected chi connectivity index (χ2v) is 12.5. The van der Waals surface area contributed by atoms with Crippen molar-refractivity contribution in [1.29, 1.82) is 5.26 Å². The number of thioether (sulfide) groups is 1. The number of aromatic nitrogens is 3. The van der Waals surface area contributed by atoms with Crippen molar-refractivity contribution in [3.63, 3.8) is 0 Å². The zero-order valence-corrected chi connectivity index (χ0v) is 25.1. The number of carbonyl (C=O) groups excluding carboxylic acids is 1. The van der Waals surface area contributed by atoms with Crippen LogP contribution in [-0.2, 0) is 16.0 Å². The number of amides is 1. The zero-order valence-electron chi connectivity index (χ0n) is 22.1. The van der Waals surface area contributed by atoms with Gasteiger partial charge in [0.25, 0.3) is 5.91 Å². The highest BCUT2D eigenvalue weighted by Gasteiger charge is 2.30. The molecular weight excluding hydrogens is 656 g/mol. The van der Waals surface area contributed by atoms with Crippen molar-refractivity contribution < 1.29 is 18.7 Å². The Morgan fingerprint density at radius 2 is 1.98 bits per heavy atom. The number of ether oxygens (including phenoxy) is 2. The molecule has 0 aliphatic carbocycles. The minimum absolute atomic E-state index is 0.0678. The van der Waals surface area contributed by atoms with Gasteiger partial charge in [-0.1, -0.05) is 25.1 Å². The number of nitrogens with one attached hydrogen (secondary N) is 1. The average Bonchev–Trinajstić information content (AvgIpc) is 3.50. The lowest BCUT2D eigenvalue weighted by Gasteiger charge is -2.33. The molecule has 2 atom stereocenters. The van der Waals surface area contributed by atoms with Gasteiger partial charge in [0.15, 0.2) is 6.29 Å². The number of nitriles is 1. The van der Waals surface area contributed by atoms with Crippen LogP contribution in [0.3, 0.4) is 0 Å². The second kappa shape index (κ2) is 13.6. The van der Waals surface area contributed by atoms with Crippen LogP contribution in [0.4, 0.5) is 10.1 Å². The monoisotopic (exact) mass is 683 g/mol. The van der Waals surface area contributed by atoms with Crippen molar-refractivity contribution in [3.05, 3.63) is 111 Å². The van der Waals surface area contributed by atoms with E-state index in [4.69, 9.17) is 14.7 Å². The van der Waals surface area contributed by atoms with Gasteiger partial charge >= 0.3 is 0 Å². The maximum Gasteiger partial charge on any atom is 0.255 e. The molecule has 1 aromatic heterocycles. The molecule has 0 spiro atoms. The normalized spacial score (nSPS) is 18.3. The summed E-state index contributed by atoms with van der Waals surface area (Å²) in [6.07, 6.45) is 2.63. The second-order valence-electron chi connectivity index (χ2n) is 9.62. The van der Waals surface area contributed by atoms with E-state index in [0.29, 0.717) is 36.6 Å². The van der Waals surface area contributed by atoms with E-state index in [-0.39, 0.29) is 28.1 Å². The molecule has 5 rings (SSSR count). The first kappa shape index (κ1) is 29.2. The number of anilines is 1. The molecule has 210 valence electrons. The number of nitrogens with zero attached hydrogens (tertiary/aromatic N) is 4. The molecule has 8 nitrogen and oxygen atoms in total. The number of rotatable bonds is 9. The molecular formula is C30H27FIN5O3S. The first-order chi connectivity index (χ1) is 19.9. The van der Waals surface area contributed by atoms with E-state index in [0.717, 1.165) is 14.7 Å². The fourth-order valence-electron chi connectivity index (χ4n) is 4.64. The van der Waals surface area contributed by atoms with Crippen LogP contribution in [0.2, 0.25) is 0 Å². The van der Waals surface area contributed by atoms with Gasteiger partial charge in [-0.2, -0.15) is 10.4 Å². The van der Waals surface area contributed by atoms with Gasteiger partial charge in [0, 0.05) is 31.6 Å². The maximum absolute atomic E-state index is 13.8. The van der Waals surface area contributed by atoms with E-state index in [1.165, 1.54) is 12.4 Å². The molecule has 1 aliphatic rings. The van der Waals surface area contributed by atoms with E-state index in [9.17, 15) is 9.18 Å². The Bertz CT molecular complexity index is 1520. The van der Waals surface area contributed by atoms with Crippen molar-refractivity contribution in [3.8, 4) is 6.07 Å². The third-order valence-corrected chi connectivity index (χ3v) is 9.09. The van der Waals surface area contributed by atoms with Gasteiger partial charge in [-0.15, -0.1) is 11.8 Å². The highest BCUT2D eigenvalue weighted by Crippen LogP contribution is 2.37. The molecule has 1 fully saturated rings. The van der Waals surface area contributed by atoms with Crippen LogP contribution in [0.1, 0.15) is 46.2 Å². The third-order valence-electron chi connectivity index (χ3n) is 6.75. The predicted octanol–water partition coefficient (Wildman–Crippen LogP) is 6.17. The van der Waals surface area contributed by atoms with Crippen LogP contribution in [0.5, 0.6) is 0 Å². The molecule has 2 heterocycles. The number of benzene rings is 3. The number of hydrogen-bond acceptors (Lipinski definition) is 7. The Morgan fingerprint density at radius 3 is 2.66 bits per heavy atom. The summed E-state index contributed by atoms with van der Waals surface area (Å²) in [5.41, 5.74) is 3.44. The van der Waals surface area contributed by atoms with Crippen LogP contribution >= 0.6 is 34.4 Å². The molecule has 1 N–H and O–H groups in total. The SMILES string of the molecule is C[C@@H](SC1COC(c2cccc(C(=O)Nc3ccc(C#N)cc3)c2)OC1)[C@H](Cn1cncn1)c1ccc(F)cc1I. The topological polar surface area (TPSA) is 102 Å². The predicted molar refractivity (Wildman–Crippen MR) is 163 cm³/mol. The summed E-state index contributed by atoms with van der Waals surface area (Å²) in [6.45, 7) is 3.74. The summed E-state index contributed by atoms with van der Waals surface area (Å²) in [5.74, 6) is -0.449. The van der Waals surface area contributed by atoms with Crippen molar-refractivity contribution in [2.75, 3.05) is 18.5 Å². The van der Waals surface area contributed by atoms with Crippen molar-refractivity contribution in [2.45, 2.75) is 36.2 Å². The minimum atomic E-state index is -0.575. The van der Waals surface area contributed by atoms with Crippen LogP contribution in [-0.4, -0.2) is 44.4 Å². The number of carbonyl (C=O) groups is 1. The van der Waals surface area contributed by atoms with Crippen LogP contribution < -0.4 is 5.32 Å². The zero-order chi connectivity index (χ0) is 28.8. The van der Waals surface area contributed by atoms with E-state index in [2.05, 4.69) is 51.0 Å². The van der Waals surface area contributed by atoms with Gasteiger partial charge in [-0.25, -0.2) is 9.37 Å². The lowest BCUT2D eigenvalue weighted by Crippen LogP contribution is -2.32. The molecule has 41 heavy (non-hydrogen) atoms. The highest BCUT2D eigenvalue weighted by molar-refractivity contribution is 14.1. The molecule has 0 saturated carbocycles. The van der Waals surface area contributed by atoms with E-state index in [1.807, 2.05) is 12.1 Å². The van der Waals surface area contributed by atoms with Crippen LogP contribution in [0.25, 0.3) is 0 Å². The Kier molecular flexibility index (Phi) is 9.66. The average molecular weight is 684 g/mol. The summed E-state index contributed by atoms with van der Waals surface area (Å²) in [7, 11) is 0. The first-order valence-corrected chi connectivity index (χ1v) is 15.0. The van der Waals surface area contributed by atoms with Gasteiger partial charge in [0.05, 0.1) is 36.6 Å². The van der Waals surface area contributed by atoms with Crippen molar-refractivity contribution >= 4 is 45.9 Å². The van der Waals surface area contributed by atoms with Gasteiger partial charge in [0.2, 0.25) is 0 Å². The lowest BCUT2D eigenvalue weighted by molar-refractivity contribution is -0.179. The molecule has 0 bridgehead atoms. The summed E-state index contributed by atoms with van der Waals surface area (Å²) in [6, 6.07) is 20.8. The number of hydrogen-bond donors (Lipinski definition) is 1. The molecule has 3 aromatic carbocycles. The molecule has 11 heteroatoms. The van der Waals surface area contributed by atoms with Crippen molar-refractivity contribution in [1.82, 2.24) is 14.8 Å². The Balaban J connectivity index is 1.20. The molecule has 1 amide bonds. The largest absolute Gasteiger partial charge is 0.347 e. The Hall–Kier alpha value is -3.31. The third kappa shape index (κ3) is 7.51. The van der Waals surface area contributed by atoms with E-state index >= 15 is 0 Å². The van der Waals surface area contributed by atoms with Gasteiger partial charge in [0.1, 0.15) is 18.5 Å². The molecule has 0 unspecified atom stereocenters. The lowest BCUT2D eigenvalue weighted by atomic mass is 9.96. The van der Waals surface area contributed by atoms with Gasteiger partial charge < -0.3 is 14.8 Å². The fraction of sp³-hybridized carbons (Fsp3) is 0.267. The van der Waals surface area contributed by atoms with Gasteiger partial charge in [-0.3, -0.25) is 9.48 Å². The molecule has 0 radical (unpaired) electrons. The molecule has 1 aliphatic heterocycles. The van der Waals surface area contributed by atoms with Crippen LogP contribution in [0.15, 0.2) is 79.4 Å². The van der Waals surface area contributed by atoms with E-state index in [1.54, 1.807) is 71.3 Å². The molecule has 1 saturated heterocycles. The Morgan fingerprint density at radius 1 is 1.20 bits per heavy atom. The fourth-order valence-corrected chi connectivity index (χ4v) is 6.86. The van der Waals surface area contributed by atoms with Crippen molar-refractivity contribution in [2.24, 2.45) is 0 Å². The number of halogens is 2. The highest BCUT2D eigenvalue weighted by atomic mass is 127. The Labute approximate surface area is 255 Å². The molecule has 4 aromatic rings. The summed E-state index contributed by atoms with van der Waals surface area (Å²) < 4.78 is 28.7. The first-order valence-electron chi connectivity index (χ1n) is 13.0. The quantitative estimate of drug-likeness (QED) is 0.211. The standard InChI is InChI=1S/C30H27FIN5O3S/c1-19(27(14-37-18-34-17-35-37)26-10-7-23(31)12-28(26)32)41-25-15-39-30(40-16-25)22-4-2-3-21(11-22)29(38)36-24-8-5-20(13-33)6-9-24/h2-12,17-19,25,27,30H,14-16H2,1H3,(H,36,38)/t19-,25?,27+,30?/m1/s1. The smallest absolute Gasteiger partial charge is 0.255 e. The summed E-state index contributed by atoms with van der Waals surface area (Å²) >= 11 is 3.96. The van der Waals surface area contributed by atoms with Gasteiger partial charge in [-0.05, 0) is 76.7 Å².